The summed E-state index contributed by atoms with van der Waals surface area (Å²) in [6.45, 7) is 1.29. The molecule has 1 nitrogen and oxygen atoms in total. The molecule has 0 aromatic carbocycles. The molecule has 2 saturated heterocycles. The summed E-state index contributed by atoms with van der Waals surface area (Å²) in [5.74, 6) is 6.52. The van der Waals surface area contributed by atoms with Crippen LogP contribution < -0.4 is 5.32 Å². The second-order valence-corrected chi connectivity index (χ2v) is 6.80. The Bertz CT molecular complexity index is 133. The molecule has 0 saturated carbocycles. The number of nitrogens with one attached hydrogen (secondary N) is 1. The molecule has 0 radical (unpaired) electrons. The van der Waals surface area contributed by atoms with Crippen LogP contribution in [0.1, 0.15) is 25.7 Å². The minimum atomic E-state index is 0.839. The van der Waals surface area contributed by atoms with Crippen molar-refractivity contribution in [1.29, 1.82) is 0 Å². The van der Waals surface area contributed by atoms with Crippen molar-refractivity contribution in [3.8, 4) is 0 Å². The first-order valence-electron chi connectivity index (χ1n) is 5.84. The van der Waals surface area contributed by atoms with E-state index >= 15 is 0 Å². The van der Waals surface area contributed by atoms with Crippen molar-refractivity contribution in [3.05, 3.63) is 0 Å². The monoisotopic (exact) mass is 231 g/mol. The molecule has 1 N–H and O–H groups in total. The Morgan fingerprint density at radius 1 is 0.857 bits per heavy atom. The van der Waals surface area contributed by atoms with E-state index in [0.29, 0.717) is 0 Å². The highest BCUT2D eigenvalue weighted by Gasteiger charge is 2.17. The summed E-state index contributed by atoms with van der Waals surface area (Å²) in [4.78, 5) is 0. The topological polar surface area (TPSA) is 12.0 Å². The van der Waals surface area contributed by atoms with Gasteiger partial charge in [-0.1, -0.05) is 0 Å². The first kappa shape index (κ1) is 11.2. The van der Waals surface area contributed by atoms with Gasteiger partial charge in [0.1, 0.15) is 0 Å². The van der Waals surface area contributed by atoms with Crippen LogP contribution in [0.5, 0.6) is 0 Å². The SMILES string of the molecule is C1CC(CNC2CCSCC2)CCS1. The second-order valence-electron chi connectivity index (χ2n) is 4.35. The smallest absolute Gasteiger partial charge is 0.00828 e. The third-order valence-electron chi connectivity index (χ3n) is 3.26. The zero-order chi connectivity index (χ0) is 9.64. The highest BCUT2D eigenvalue weighted by molar-refractivity contribution is 7.99. The molecule has 0 bridgehead atoms. The van der Waals surface area contributed by atoms with Crippen LogP contribution >= 0.6 is 23.5 Å². The fourth-order valence-corrected chi connectivity index (χ4v) is 4.50. The van der Waals surface area contributed by atoms with Crippen LogP contribution in [0, 0.1) is 5.92 Å². The molecule has 3 heteroatoms. The molecule has 2 aliphatic heterocycles. The van der Waals surface area contributed by atoms with Gasteiger partial charge in [-0.2, -0.15) is 23.5 Å². The van der Waals surface area contributed by atoms with Gasteiger partial charge in [0.05, 0.1) is 0 Å². The van der Waals surface area contributed by atoms with Crippen LogP contribution in [0.2, 0.25) is 0 Å². The van der Waals surface area contributed by atoms with Crippen molar-refractivity contribution in [1.82, 2.24) is 5.32 Å². The van der Waals surface area contributed by atoms with Crippen molar-refractivity contribution in [2.75, 3.05) is 29.6 Å². The van der Waals surface area contributed by atoms with Gasteiger partial charge in [0, 0.05) is 6.04 Å². The van der Waals surface area contributed by atoms with Gasteiger partial charge in [0.2, 0.25) is 0 Å². The van der Waals surface area contributed by atoms with Crippen LogP contribution in [0.15, 0.2) is 0 Å². The molecule has 14 heavy (non-hydrogen) atoms. The molecular weight excluding hydrogens is 210 g/mol. The maximum Gasteiger partial charge on any atom is 0.00828 e. The van der Waals surface area contributed by atoms with E-state index in [9.17, 15) is 0 Å². The number of hydrogen-bond donors (Lipinski definition) is 1. The molecular formula is C11H21NS2. The molecule has 0 unspecified atom stereocenters. The Hall–Kier alpha value is 0.660. The lowest BCUT2D eigenvalue weighted by Crippen LogP contribution is -2.36. The number of hydrogen-bond acceptors (Lipinski definition) is 3. The average molecular weight is 231 g/mol. The summed E-state index contributed by atoms with van der Waals surface area (Å²) in [5, 5.41) is 3.77. The van der Waals surface area contributed by atoms with Gasteiger partial charge < -0.3 is 5.32 Å². The first-order valence-corrected chi connectivity index (χ1v) is 8.15. The molecule has 2 rings (SSSR count). The summed E-state index contributed by atoms with van der Waals surface area (Å²) < 4.78 is 0. The normalized spacial score (nSPS) is 26.6. The molecule has 2 heterocycles. The molecule has 2 aliphatic rings. The lowest BCUT2D eigenvalue weighted by molar-refractivity contribution is 0.393. The highest BCUT2D eigenvalue weighted by Crippen LogP contribution is 2.23. The first-order chi connectivity index (χ1) is 6.95. The lowest BCUT2D eigenvalue weighted by Gasteiger charge is -2.27. The highest BCUT2D eigenvalue weighted by atomic mass is 32.2. The maximum atomic E-state index is 3.77. The minimum Gasteiger partial charge on any atom is -0.314 e. The van der Waals surface area contributed by atoms with E-state index in [4.69, 9.17) is 0 Å². The van der Waals surface area contributed by atoms with Crippen molar-refractivity contribution in [2.45, 2.75) is 31.7 Å². The summed E-state index contributed by atoms with van der Waals surface area (Å²) in [7, 11) is 0. The molecule has 0 aromatic heterocycles. The van der Waals surface area contributed by atoms with Gasteiger partial charge >= 0.3 is 0 Å². The molecule has 0 amide bonds. The molecule has 0 atom stereocenters. The van der Waals surface area contributed by atoms with Crippen molar-refractivity contribution >= 4 is 23.5 Å². The van der Waals surface area contributed by atoms with Crippen molar-refractivity contribution < 1.29 is 0 Å². The molecule has 0 aliphatic carbocycles. The van der Waals surface area contributed by atoms with E-state index in [1.165, 1.54) is 55.2 Å². The van der Waals surface area contributed by atoms with E-state index < -0.39 is 0 Å². The molecule has 0 aromatic rings. The largest absolute Gasteiger partial charge is 0.314 e. The van der Waals surface area contributed by atoms with Gasteiger partial charge in [-0.3, -0.25) is 0 Å². The van der Waals surface area contributed by atoms with Gasteiger partial charge in [0.25, 0.3) is 0 Å². The predicted molar refractivity (Wildman–Crippen MR) is 68.4 cm³/mol. The quantitative estimate of drug-likeness (QED) is 0.802. The Morgan fingerprint density at radius 3 is 2.07 bits per heavy atom. The van der Waals surface area contributed by atoms with Gasteiger partial charge in [0.15, 0.2) is 0 Å². The predicted octanol–water partition coefficient (Wildman–Crippen LogP) is 2.61. The standard InChI is InChI=1S/C11H21NS2/c1-5-13-6-2-10(1)9-12-11-3-7-14-8-4-11/h10-12H,1-9H2. The molecule has 0 spiro atoms. The number of thioether (sulfide) groups is 2. The van der Waals surface area contributed by atoms with Crippen LogP contribution in [0.4, 0.5) is 0 Å². The fourth-order valence-electron chi connectivity index (χ4n) is 2.19. The van der Waals surface area contributed by atoms with Crippen LogP contribution in [-0.4, -0.2) is 35.6 Å². The van der Waals surface area contributed by atoms with E-state index in [0.717, 1.165) is 12.0 Å². The van der Waals surface area contributed by atoms with Crippen LogP contribution in [-0.2, 0) is 0 Å². The maximum absolute atomic E-state index is 3.77. The Labute approximate surface area is 96.2 Å². The third-order valence-corrected chi connectivity index (χ3v) is 5.35. The van der Waals surface area contributed by atoms with Crippen molar-refractivity contribution in [3.63, 3.8) is 0 Å². The summed E-state index contributed by atoms with van der Waals surface area (Å²) in [5.41, 5.74) is 0. The lowest BCUT2D eigenvalue weighted by atomic mass is 10.0. The second kappa shape index (κ2) is 6.29. The zero-order valence-electron chi connectivity index (χ0n) is 8.84. The van der Waals surface area contributed by atoms with Gasteiger partial charge in [-0.15, -0.1) is 0 Å². The zero-order valence-corrected chi connectivity index (χ0v) is 10.5. The van der Waals surface area contributed by atoms with E-state index in [1.807, 2.05) is 0 Å². The third kappa shape index (κ3) is 3.67. The summed E-state index contributed by atoms with van der Waals surface area (Å²) in [6.07, 6.45) is 5.68. The van der Waals surface area contributed by atoms with E-state index in [-0.39, 0.29) is 0 Å². The Kier molecular flexibility index (Phi) is 5.01. The molecule has 2 fully saturated rings. The van der Waals surface area contributed by atoms with Crippen LogP contribution in [0.3, 0.4) is 0 Å². The summed E-state index contributed by atoms with van der Waals surface area (Å²) >= 11 is 4.25. The average Bonchev–Trinajstić information content (AvgIpc) is 2.29. The fraction of sp³-hybridized carbons (Fsp3) is 1.00. The van der Waals surface area contributed by atoms with E-state index in [2.05, 4.69) is 28.8 Å². The van der Waals surface area contributed by atoms with E-state index in [1.54, 1.807) is 0 Å². The Morgan fingerprint density at radius 2 is 1.43 bits per heavy atom. The minimum absolute atomic E-state index is 0.839. The van der Waals surface area contributed by atoms with Gasteiger partial charge in [-0.05, 0) is 61.2 Å². The summed E-state index contributed by atoms with van der Waals surface area (Å²) in [6, 6.07) is 0.839. The number of rotatable bonds is 3. The van der Waals surface area contributed by atoms with Crippen molar-refractivity contribution in [2.24, 2.45) is 5.92 Å². The van der Waals surface area contributed by atoms with Gasteiger partial charge in [-0.25, -0.2) is 0 Å². The molecule has 82 valence electrons. The van der Waals surface area contributed by atoms with Crippen LogP contribution in [0.25, 0.3) is 0 Å². The Balaban J connectivity index is 1.60.